The summed E-state index contributed by atoms with van der Waals surface area (Å²) >= 11 is 5.70. The van der Waals surface area contributed by atoms with Gasteiger partial charge in [0.05, 0.1) is 10.9 Å². The van der Waals surface area contributed by atoms with E-state index in [0.717, 1.165) is 5.56 Å². The highest BCUT2D eigenvalue weighted by molar-refractivity contribution is 6.30. The summed E-state index contributed by atoms with van der Waals surface area (Å²) in [5, 5.41) is 0.0127. The molecule has 3 heteroatoms. The summed E-state index contributed by atoms with van der Waals surface area (Å²) in [6, 6.07) is 13.5. The fourth-order valence-electron chi connectivity index (χ4n) is 1.67. The van der Waals surface area contributed by atoms with Gasteiger partial charge in [0.15, 0.2) is 0 Å². The van der Waals surface area contributed by atoms with Crippen LogP contribution in [0.1, 0.15) is 17.0 Å². The molecule has 0 saturated carbocycles. The second kappa shape index (κ2) is 5.11. The van der Waals surface area contributed by atoms with Gasteiger partial charge >= 0.3 is 0 Å². The Kier molecular flexibility index (Phi) is 3.55. The van der Waals surface area contributed by atoms with Gasteiger partial charge in [0.1, 0.15) is 5.82 Å². The van der Waals surface area contributed by atoms with Gasteiger partial charge in [-0.05, 0) is 23.3 Å². The Hall–Kier alpha value is -1.67. The van der Waals surface area contributed by atoms with Gasteiger partial charge in [-0.2, -0.15) is 0 Å². The second-order valence-electron chi connectivity index (χ2n) is 3.64. The molecule has 0 aliphatic rings. The van der Waals surface area contributed by atoms with Gasteiger partial charge in [0, 0.05) is 0 Å². The predicted octanol–water partition coefficient (Wildman–Crippen LogP) is 3.72. The Morgan fingerprint density at radius 2 is 1.76 bits per heavy atom. The van der Waals surface area contributed by atoms with Crippen molar-refractivity contribution in [1.82, 2.24) is 0 Å². The molecule has 17 heavy (non-hydrogen) atoms. The maximum absolute atomic E-state index is 13.0. The van der Waals surface area contributed by atoms with E-state index in [2.05, 4.69) is 0 Å². The average molecular weight is 248 g/mol. The predicted molar refractivity (Wildman–Crippen MR) is 65.4 cm³/mol. The molecule has 0 fully saturated rings. The molecule has 2 aromatic carbocycles. The van der Waals surface area contributed by atoms with E-state index >= 15 is 0 Å². The third-order valence-corrected chi connectivity index (χ3v) is 2.82. The van der Waals surface area contributed by atoms with Crippen molar-refractivity contribution in [3.05, 3.63) is 70.5 Å². The molecule has 0 amide bonds. The van der Waals surface area contributed by atoms with Crippen molar-refractivity contribution in [2.45, 2.75) is 5.92 Å². The first-order chi connectivity index (χ1) is 8.22. The van der Waals surface area contributed by atoms with Crippen LogP contribution >= 0.6 is 11.6 Å². The number of hydrogen-bond donors (Lipinski definition) is 0. The highest BCUT2D eigenvalue weighted by atomic mass is 35.5. The zero-order valence-electron chi connectivity index (χ0n) is 8.86. The summed E-state index contributed by atoms with van der Waals surface area (Å²) in [6.45, 7) is 0. The van der Waals surface area contributed by atoms with E-state index in [0.29, 0.717) is 5.56 Å². The number of carbonyl (C=O) groups excluding carboxylic acids is 1. The van der Waals surface area contributed by atoms with E-state index < -0.39 is 11.7 Å². The molecule has 0 aliphatic carbocycles. The number of benzene rings is 2. The maximum Gasteiger partial charge on any atom is 0.211 e. The van der Waals surface area contributed by atoms with Crippen molar-refractivity contribution in [2.24, 2.45) is 0 Å². The quantitative estimate of drug-likeness (QED) is 0.808. The van der Waals surface area contributed by atoms with E-state index in [1.54, 1.807) is 6.07 Å². The lowest BCUT2D eigenvalue weighted by Crippen LogP contribution is -2.02. The fourth-order valence-corrected chi connectivity index (χ4v) is 1.85. The van der Waals surface area contributed by atoms with E-state index in [1.165, 1.54) is 12.1 Å². The Bertz CT molecular complexity index is 525. The monoisotopic (exact) mass is 247 g/mol. The molecule has 1 atom stereocenters. The van der Waals surface area contributed by atoms with Crippen LogP contribution in [-0.2, 0) is 4.79 Å². The van der Waals surface area contributed by atoms with Gasteiger partial charge < -0.3 is 0 Å². The minimum absolute atomic E-state index is 0.0127. The van der Waals surface area contributed by atoms with Gasteiger partial charge in [-0.1, -0.05) is 48.0 Å². The molecule has 1 radical (unpaired) electrons. The summed E-state index contributed by atoms with van der Waals surface area (Å²) in [6.07, 6.45) is 1.95. The third-order valence-electron chi connectivity index (χ3n) is 2.53. The van der Waals surface area contributed by atoms with Crippen LogP contribution in [0.5, 0.6) is 0 Å². The Morgan fingerprint density at radius 1 is 1.06 bits per heavy atom. The van der Waals surface area contributed by atoms with E-state index in [9.17, 15) is 9.18 Å². The molecule has 0 bridgehead atoms. The molecule has 0 aliphatic heterocycles. The zero-order valence-corrected chi connectivity index (χ0v) is 9.62. The minimum atomic E-state index is -0.533. The van der Waals surface area contributed by atoms with Crippen LogP contribution in [0, 0.1) is 5.82 Å². The van der Waals surface area contributed by atoms with Gasteiger partial charge in [-0.25, -0.2) is 4.39 Å². The van der Waals surface area contributed by atoms with E-state index in [-0.39, 0.29) is 5.02 Å². The Balaban J connectivity index is 2.42. The molecule has 1 nitrogen and oxygen atoms in total. The molecule has 2 rings (SSSR count). The average Bonchev–Trinajstić information content (AvgIpc) is 2.36. The van der Waals surface area contributed by atoms with Gasteiger partial charge in [0.25, 0.3) is 0 Å². The van der Waals surface area contributed by atoms with Crippen molar-refractivity contribution in [2.75, 3.05) is 0 Å². The number of hydrogen-bond acceptors (Lipinski definition) is 1. The van der Waals surface area contributed by atoms with Crippen LogP contribution in [-0.4, -0.2) is 6.29 Å². The number of halogens is 2. The number of rotatable bonds is 3. The smallest absolute Gasteiger partial charge is 0.211 e. The van der Waals surface area contributed by atoms with Crippen molar-refractivity contribution < 1.29 is 9.18 Å². The highest BCUT2D eigenvalue weighted by Gasteiger charge is 2.15. The van der Waals surface area contributed by atoms with Crippen LogP contribution in [0.3, 0.4) is 0 Å². The lowest BCUT2D eigenvalue weighted by Gasteiger charge is -2.10. The maximum atomic E-state index is 13.0. The van der Waals surface area contributed by atoms with Crippen molar-refractivity contribution in [3.8, 4) is 0 Å². The summed E-state index contributed by atoms with van der Waals surface area (Å²) in [7, 11) is 0. The molecule has 1 unspecified atom stereocenters. The van der Waals surface area contributed by atoms with E-state index in [4.69, 9.17) is 11.6 Å². The summed E-state index contributed by atoms with van der Waals surface area (Å²) in [5.74, 6) is -1.03. The zero-order chi connectivity index (χ0) is 12.3. The first-order valence-electron chi connectivity index (χ1n) is 5.10. The molecular weight excluding hydrogens is 239 g/mol. The van der Waals surface area contributed by atoms with Crippen LogP contribution in [0.2, 0.25) is 5.02 Å². The summed E-state index contributed by atoms with van der Waals surface area (Å²) in [4.78, 5) is 11.0. The SMILES string of the molecule is O=[C]C(c1ccccc1)c1ccc(F)c(Cl)c1. The Morgan fingerprint density at radius 3 is 2.35 bits per heavy atom. The first-order valence-corrected chi connectivity index (χ1v) is 5.47. The molecule has 0 N–H and O–H groups in total. The highest BCUT2D eigenvalue weighted by Crippen LogP contribution is 2.26. The standard InChI is InChI=1S/C14H9ClFO/c15-13-8-11(6-7-14(13)16)12(9-17)10-4-2-1-3-5-10/h1-8,12H. The van der Waals surface area contributed by atoms with Gasteiger partial charge in [0.2, 0.25) is 6.29 Å². The lowest BCUT2D eigenvalue weighted by atomic mass is 9.93. The molecule has 2 aromatic rings. The molecule has 0 spiro atoms. The molecule has 0 saturated heterocycles. The third kappa shape index (κ3) is 2.53. The van der Waals surface area contributed by atoms with E-state index in [1.807, 2.05) is 36.6 Å². The van der Waals surface area contributed by atoms with Gasteiger partial charge in [-0.3, -0.25) is 4.79 Å². The summed E-state index contributed by atoms with van der Waals surface area (Å²) < 4.78 is 13.0. The van der Waals surface area contributed by atoms with Crippen LogP contribution in [0.4, 0.5) is 4.39 Å². The Labute approximate surface area is 104 Å². The van der Waals surface area contributed by atoms with Crippen LogP contribution in [0.15, 0.2) is 48.5 Å². The normalized spacial score (nSPS) is 12.1. The van der Waals surface area contributed by atoms with Crippen molar-refractivity contribution in [1.29, 1.82) is 0 Å². The van der Waals surface area contributed by atoms with Crippen molar-refractivity contribution in [3.63, 3.8) is 0 Å². The minimum Gasteiger partial charge on any atom is -0.290 e. The molecule has 0 aromatic heterocycles. The van der Waals surface area contributed by atoms with Crippen molar-refractivity contribution >= 4 is 17.9 Å². The molecule has 0 heterocycles. The lowest BCUT2D eigenvalue weighted by molar-refractivity contribution is 0.549. The van der Waals surface area contributed by atoms with Crippen LogP contribution < -0.4 is 0 Å². The molecule has 85 valence electrons. The first kappa shape index (κ1) is 11.8. The molecular formula is C14H9ClFO. The second-order valence-corrected chi connectivity index (χ2v) is 4.04. The summed E-state index contributed by atoms with van der Waals surface area (Å²) in [5.41, 5.74) is 1.45. The topological polar surface area (TPSA) is 17.1 Å². The van der Waals surface area contributed by atoms with Gasteiger partial charge in [-0.15, -0.1) is 0 Å². The van der Waals surface area contributed by atoms with Crippen LogP contribution in [0.25, 0.3) is 0 Å². The largest absolute Gasteiger partial charge is 0.290 e. The fraction of sp³-hybridized carbons (Fsp3) is 0.0714.